The second-order valence-electron chi connectivity index (χ2n) is 8.05. The molecule has 0 fully saturated rings. The molecule has 2 aromatic carbocycles. The molecule has 2 rings (SSSR count). The lowest BCUT2D eigenvalue weighted by atomic mass is 9.79. The molecule has 0 saturated carbocycles. The van der Waals surface area contributed by atoms with Gasteiger partial charge in [0.2, 0.25) is 0 Å². The summed E-state index contributed by atoms with van der Waals surface area (Å²) in [6.45, 7) is 9.68. The molecule has 0 radical (unpaired) electrons. The largest absolute Gasteiger partial charge is 0.207 e. The lowest BCUT2D eigenvalue weighted by Gasteiger charge is -2.26. The van der Waals surface area contributed by atoms with E-state index in [1.165, 1.54) is 6.07 Å². The summed E-state index contributed by atoms with van der Waals surface area (Å²) in [5.74, 6) is -1.84. The molecule has 0 bridgehead atoms. The highest BCUT2D eigenvalue weighted by molar-refractivity contribution is 5.31. The molecule has 0 unspecified atom stereocenters. The maximum Gasteiger partial charge on any atom is 0.162 e. The predicted octanol–water partition coefficient (Wildman–Crippen LogP) is 6.31. The first-order chi connectivity index (χ1) is 11.0. The number of aryl methyl sites for hydroxylation is 1. The summed E-state index contributed by atoms with van der Waals surface area (Å²) in [6.07, 6.45) is 1.20. The third-order valence-electron chi connectivity index (χ3n) is 4.56. The number of hydrogen-bond acceptors (Lipinski definition) is 0. The number of halogens is 3. The Kier molecular flexibility index (Phi) is 5.12. The molecular formula is C21H25F3. The van der Waals surface area contributed by atoms with Crippen LogP contribution in [0.3, 0.4) is 0 Å². The topological polar surface area (TPSA) is 0 Å². The van der Waals surface area contributed by atoms with Gasteiger partial charge in [-0.3, -0.25) is 0 Å². The fourth-order valence-corrected chi connectivity index (χ4v) is 2.94. The maximum atomic E-state index is 14.3. The van der Waals surface area contributed by atoms with Gasteiger partial charge in [0.15, 0.2) is 11.6 Å². The van der Waals surface area contributed by atoms with Crippen LogP contribution < -0.4 is 0 Å². The molecule has 0 N–H and O–H groups in total. The van der Waals surface area contributed by atoms with Crippen LogP contribution in [0.2, 0.25) is 0 Å². The first-order valence-corrected chi connectivity index (χ1v) is 8.26. The minimum absolute atomic E-state index is 0.213. The molecule has 0 heterocycles. The van der Waals surface area contributed by atoms with Crippen molar-refractivity contribution in [1.29, 1.82) is 0 Å². The first kappa shape index (κ1) is 18.6. The van der Waals surface area contributed by atoms with Crippen molar-refractivity contribution in [2.24, 2.45) is 0 Å². The Labute approximate surface area is 142 Å². The summed E-state index contributed by atoms with van der Waals surface area (Å²) in [5, 5.41) is 0. The summed E-state index contributed by atoms with van der Waals surface area (Å²) in [6, 6.07) is 9.55. The Balaban J connectivity index is 2.18. The molecule has 0 nitrogen and oxygen atoms in total. The molecule has 24 heavy (non-hydrogen) atoms. The van der Waals surface area contributed by atoms with Gasteiger partial charge in [-0.15, -0.1) is 0 Å². The van der Waals surface area contributed by atoms with Crippen LogP contribution in [0, 0.1) is 17.5 Å². The highest BCUT2D eigenvalue weighted by atomic mass is 19.2. The van der Waals surface area contributed by atoms with Gasteiger partial charge < -0.3 is 0 Å². The fourth-order valence-electron chi connectivity index (χ4n) is 2.94. The van der Waals surface area contributed by atoms with E-state index < -0.39 is 17.0 Å². The highest BCUT2D eigenvalue weighted by Gasteiger charge is 2.26. The zero-order valence-corrected chi connectivity index (χ0v) is 15.0. The molecule has 0 amide bonds. The Morgan fingerprint density at radius 2 is 1.46 bits per heavy atom. The maximum absolute atomic E-state index is 14.3. The Morgan fingerprint density at radius 3 is 2.04 bits per heavy atom. The molecule has 0 atom stereocenters. The number of rotatable bonds is 4. The van der Waals surface area contributed by atoms with E-state index in [1.807, 2.05) is 46.8 Å². The van der Waals surface area contributed by atoms with E-state index in [1.54, 1.807) is 12.1 Å². The van der Waals surface area contributed by atoms with E-state index in [-0.39, 0.29) is 11.2 Å². The molecule has 0 spiro atoms. The summed E-state index contributed by atoms with van der Waals surface area (Å²) < 4.78 is 41.8. The first-order valence-electron chi connectivity index (χ1n) is 8.26. The van der Waals surface area contributed by atoms with Crippen molar-refractivity contribution in [3.8, 4) is 0 Å². The van der Waals surface area contributed by atoms with E-state index in [0.717, 1.165) is 11.6 Å². The van der Waals surface area contributed by atoms with E-state index in [4.69, 9.17) is 0 Å². The smallest absolute Gasteiger partial charge is 0.162 e. The van der Waals surface area contributed by atoms with Crippen molar-refractivity contribution in [3.63, 3.8) is 0 Å². The minimum Gasteiger partial charge on any atom is -0.207 e. The van der Waals surface area contributed by atoms with Crippen LogP contribution in [-0.2, 0) is 17.3 Å². The van der Waals surface area contributed by atoms with Crippen molar-refractivity contribution >= 4 is 0 Å². The third-order valence-corrected chi connectivity index (χ3v) is 4.56. The van der Waals surface area contributed by atoms with Gasteiger partial charge in [-0.1, -0.05) is 58.9 Å². The summed E-state index contributed by atoms with van der Waals surface area (Å²) in [7, 11) is 0. The molecule has 3 heteroatoms. The standard InChI is InChI=1S/C21H25F3/c1-20(2,3)15-10-9-14(13-18(15)23)11-12-21(4,5)16-7-6-8-17(22)19(16)24/h6-10,13H,11-12H2,1-5H3. The van der Waals surface area contributed by atoms with Crippen molar-refractivity contribution in [2.45, 2.75) is 58.3 Å². The van der Waals surface area contributed by atoms with Crippen molar-refractivity contribution in [2.75, 3.05) is 0 Å². The lowest BCUT2D eigenvalue weighted by Crippen LogP contribution is -2.21. The highest BCUT2D eigenvalue weighted by Crippen LogP contribution is 2.32. The Hall–Kier alpha value is -1.77. The van der Waals surface area contributed by atoms with Gasteiger partial charge in [0.1, 0.15) is 5.82 Å². The van der Waals surface area contributed by atoms with Crippen molar-refractivity contribution < 1.29 is 13.2 Å². The van der Waals surface area contributed by atoms with Gasteiger partial charge >= 0.3 is 0 Å². The third kappa shape index (κ3) is 4.00. The summed E-state index contributed by atoms with van der Waals surface area (Å²) >= 11 is 0. The second kappa shape index (κ2) is 6.62. The van der Waals surface area contributed by atoms with Crippen LogP contribution in [0.5, 0.6) is 0 Å². The molecule has 0 aliphatic rings. The van der Waals surface area contributed by atoms with Gasteiger partial charge in [0.25, 0.3) is 0 Å². The van der Waals surface area contributed by atoms with Crippen LogP contribution >= 0.6 is 0 Å². The SMILES string of the molecule is CC(C)(C)c1ccc(CCC(C)(C)c2cccc(F)c2F)cc1F. The van der Waals surface area contributed by atoms with Crippen LogP contribution in [0.4, 0.5) is 13.2 Å². The molecule has 130 valence electrons. The molecule has 0 aliphatic carbocycles. The van der Waals surface area contributed by atoms with Crippen LogP contribution in [-0.4, -0.2) is 0 Å². The van der Waals surface area contributed by atoms with Gasteiger partial charge in [0.05, 0.1) is 0 Å². The quantitative estimate of drug-likeness (QED) is 0.614. The number of benzene rings is 2. The molecule has 0 aliphatic heterocycles. The van der Waals surface area contributed by atoms with Crippen molar-refractivity contribution in [3.05, 3.63) is 70.5 Å². The molecule has 0 aromatic heterocycles. The van der Waals surface area contributed by atoms with E-state index in [2.05, 4.69) is 0 Å². The van der Waals surface area contributed by atoms with Crippen LogP contribution in [0.15, 0.2) is 36.4 Å². The van der Waals surface area contributed by atoms with Gasteiger partial charge in [-0.2, -0.15) is 0 Å². The summed E-state index contributed by atoms with van der Waals surface area (Å²) in [4.78, 5) is 0. The Bertz CT molecular complexity index is 724. The van der Waals surface area contributed by atoms with Gasteiger partial charge in [0, 0.05) is 0 Å². The van der Waals surface area contributed by atoms with Crippen LogP contribution in [0.25, 0.3) is 0 Å². The summed E-state index contributed by atoms with van der Waals surface area (Å²) in [5.41, 5.74) is 1.12. The van der Waals surface area contributed by atoms with E-state index in [9.17, 15) is 13.2 Å². The Morgan fingerprint density at radius 1 is 0.792 bits per heavy atom. The monoisotopic (exact) mass is 334 g/mol. The average molecular weight is 334 g/mol. The van der Waals surface area contributed by atoms with Crippen LogP contribution in [0.1, 0.15) is 57.7 Å². The molecule has 2 aromatic rings. The average Bonchev–Trinajstić information content (AvgIpc) is 2.46. The zero-order valence-electron chi connectivity index (χ0n) is 15.0. The van der Waals surface area contributed by atoms with Gasteiger partial charge in [-0.25, -0.2) is 13.2 Å². The van der Waals surface area contributed by atoms with Gasteiger partial charge in [-0.05, 0) is 52.5 Å². The molecule has 0 saturated heterocycles. The predicted molar refractivity (Wildman–Crippen MR) is 92.8 cm³/mol. The van der Waals surface area contributed by atoms with Crippen molar-refractivity contribution in [1.82, 2.24) is 0 Å². The fraction of sp³-hybridized carbons (Fsp3) is 0.429. The second-order valence-corrected chi connectivity index (χ2v) is 8.05. The number of hydrogen-bond donors (Lipinski definition) is 0. The van der Waals surface area contributed by atoms with E-state index >= 15 is 0 Å². The lowest BCUT2D eigenvalue weighted by molar-refractivity contribution is 0.425. The minimum atomic E-state index is -0.832. The van der Waals surface area contributed by atoms with E-state index in [0.29, 0.717) is 24.0 Å². The molecular weight excluding hydrogens is 309 g/mol. The normalized spacial score (nSPS) is 12.5. The zero-order chi connectivity index (χ0) is 18.1.